The molecule has 2 aliphatic rings. The quantitative estimate of drug-likeness (QED) is 0.729. The average molecular weight is 334 g/mol. The number of hydrogen-bond acceptors (Lipinski definition) is 5. The van der Waals surface area contributed by atoms with Crippen LogP contribution in [0.25, 0.3) is 0 Å². The normalized spacial score (nSPS) is 25.1. The minimum atomic E-state index is -0.171. The van der Waals surface area contributed by atoms with Gasteiger partial charge in [0.15, 0.2) is 5.69 Å². The molecule has 2 aliphatic carbocycles. The van der Waals surface area contributed by atoms with Crippen molar-refractivity contribution in [3.8, 4) is 0 Å². The number of nitrogens with one attached hydrogen (secondary N) is 2. The highest BCUT2D eigenvalue weighted by atomic mass is 16.5. The molecule has 3 rings (SSSR count). The monoisotopic (exact) mass is 334 g/mol. The van der Waals surface area contributed by atoms with Crippen molar-refractivity contribution in [1.82, 2.24) is 15.8 Å². The fourth-order valence-corrected chi connectivity index (χ4v) is 3.18. The van der Waals surface area contributed by atoms with Gasteiger partial charge in [-0.3, -0.25) is 9.59 Å². The van der Waals surface area contributed by atoms with Gasteiger partial charge in [-0.05, 0) is 45.4 Å². The second-order valence-corrected chi connectivity index (χ2v) is 7.16. The molecule has 1 aromatic heterocycles. The number of carbonyl (C=O) groups is 2. The Kier molecular flexibility index (Phi) is 5.18. The van der Waals surface area contributed by atoms with Crippen molar-refractivity contribution >= 4 is 11.8 Å². The summed E-state index contributed by atoms with van der Waals surface area (Å²) in [5, 5.41) is 9.91. The molecule has 7 nitrogen and oxygen atoms in total. The molecule has 2 fully saturated rings. The number of hydrogen-bond donors (Lipinski definition) is 3. The SMILES string of the molecule is C[C@H](N)CC(=O)N[C@H]1CC[C@@H](NC(=O)c2cc(C3CC3)on2)CC1. The van der Waals surface area contributed by atoms with Crippen molar-refractivity contribution in [3.05, 3.63) is 17.5 Å². The van der Waals surface area contributed by atoms with Gasteiger partial charge >= 0.3 is 0 Å². The van der Waals surface area contributed by atoms with Crippen LogP contribution in [0, 0.1) is 0 Å². The second kappa shape index (κ2) is 7.34. The fraction of sp³-hybridized carbons (Fsp3) is 0.706. The number of rotatable bonds is 6. The summed E-state index contributed by atoms with van der Waals surface area (Å²) in [6, 6.07) is 1.94. The lowest BCUT2D eigenvalue weighted by Crippen LogP contribution is -2.44. The minimum Gasteiger partial charge on any atom is -0.360 e. The number of carbonyl (C=O) groups excluding carboxylic acids is 2. The van der Waals surface area contributed by atoms with Crippen molar-refractivity contribution in [1.29, 1.82) is 0 Å². The van der Waals surface area contributed by atoms with Crippen LogP contribution in [0.4, 0.5) is 0 Å². The largest absolute Gasteiger partial charge is 0.360 e. The molecule has 0 saturated heterocycles. The number of amides is 2. The molecule has 1 heterocycles. The highest BCUT2D eigenvalue weighted by Gasteiger charge is 2.30. The van der Waals surface area contributed by atoms with Crippen molar-refractivity contribution < 1.29 is 14.1 Å². The molecule has 132 valence electrons. The molecule has 0 aromatic carbocycles. The van der Waals surface area contributed by atoms with E-state index in [1.54, 1.807) is 6.07 Å². The van der Waals surface area contributed by atoms with E-state index in [1.165, 1.54) is 0 Å². The molecule has 24 heavy (non-hydrogen) atoms. The highest BCUT2D eigenvalue weighted by Crippen LogP contribution is 2.40. The van der Waals surface area contributed by atoms with E-state index in [0.717, 1.165) is 44.3 Å². The first-order valence-electron chi connectivity index (χ1n) is 8.83. The van der Waals surface area contributed by atoms with Gasteiger partial charge in [-0.2, -0.15) is 0 Å². The Hall–Kier alpha value is -1.89. The molecule has 1 aromatic rings. The van der Waals surface area contributed by atoms with Crippen LogP contribution >= 0.6 is 0 Å². The van der Waals surface area contributed by atoms with Gasteiger partial charge in [0.2, 0.25) is 5.91 Å². The average Bonchev–Trinajstić information content (AvgIpc) is 3.25. The number of nitrogens with two attached hydrogens (primary N) is 1. The van der Waals surface area contributed by atoms with E-state index >= 15 is 0 Å². The predicted octanol–water partition coefficient (Wildman–Crippen LogP) is 1.45. The summed E-state index contributed by atoms with van der Waals surface area (Å²) in [6.07, 6.45) is 6.02. The Labute approximate surface area is 141 Å². The van der Waals surface area contributed by atoms with Crippen LogP contribution in [-0.4, -0.2) is 35.1 Å². The first-order valence-corrected chi connectivity index (χ1v) is 8.83. The molecule has 0 unspecified atom stereocenters. The topological polar surface area (TPSA) is 110 Å². The van der Waals surface area contributed by atoms with Gasteiger partial charge in [-0.1, -0.05) is 5.16 Å². The molecule has 0 aliphatic heterocycles. The minimum absolute atomic E-state index is 0.00712. The van der Waals surface area contributed by atoms with Crippen LogP contribution in [0.5, 0.6) is 0 Å². The highest BCUT2D eigenvalue weighted by molar-refractivity contribution is 5.92. The van der Waals surface area contributed by atoms with E-state index in [-0.39, 0.29) is 29.9 Å². The molecular formula is C17H26N4O3. The molecule has 1 atom stereocenters. The van der Waals surface area contributed by atoms with Gasteiger partial charge in [0, 0.05) is 36.5 Å². The van der Waals surface area contributed by atoms with E-state index < -0.39 is 0 Å². The van der Waals surface area contributed by atoms with Crippen LogP contribution in [0.15, 0.2) is 10.6 Å². The van der Waals surface area contributed by atoms with Crippen molar-refractivity contribution in [3.63, 3.8) is 0 Å². The predicted molar refractivity (Wildman–Crippen MR) is 88.4 cm³/mol. The summed E-state index contributed by atoms with van der Waals surface area (Å²) < 4.78 is 5.22. The Morgan fingerprint density at radius 3 is 2.42 bits per heavy atom. The van der Waals surface area contributed by atoms with Gasteiger partial charge in [0.05, 0.1) is 0 Å². The van der Waals surface area contributed by atoms with Gasteiger partial charge < -0.3 is 20.9 Å². The number of aromatic nitrogens is 1. The van der Waals surface area contributed by atoms with Crippen molar-refractivity contribution in [2.45, 2.75) is 75.9 Å². The van der Waals surface area contributed by atoms with Gasteiger partial charge in [-0.15, -0.1) is 0 Å². The third-order valence-electron chi connectivity index (χ3n) is 4.68. The van der Waals surface area contributed by atoms with E-state index in [9.17, 15) is 9.59 Å². The van der Waals surface area contributed by atoms with E-state index in [0.29, 0.717) is 18.0 Å². The first kappa shape index (κ1) is 17.0. The lowest BCUT2D eigenvalue weighted by Gasteiger charge is -2.29. The van der Waals surface area contributed by atoms with Crippen LogP contribution in [0.3, 0.4) is 0 Å². The van der Waals surface area contributed by atoms with Gasteiger partial charge in [-0.25, -0.2) is 0 Å². The van der Waals surface area contributed by atoms with E-state index in [4.69, 9.17) is 10.3 Å². The van der Waals surface area contributed by atoms with Gasteiger partial charge in [0.25, 0.3) is 5.91 Å². The van der Waals surface area contributed by atoms with E-state index in [2.05, 4.69) is 15.8 Å². The Bertz CT molecular complexity index is 586. The molecule has 2 amide bonds. The zero-order chi connectivity index (χ0) is 17.1. The lowest BCUT2D eigenvalue weighted by atomic mass is 9.91. The summed E-state index contributed by atoms with van der Waals surface area (Å²) >= 11 is 0. The standard InChI is InChI=1S/C17H26N4O3/c1-10(18)8-16(22)19-12-4-6-13(7-5-12)20-17(23)14-9-15(24-21-14)11-2-3-11/h9-13H,2-8,18H2,1H3,(H,19,22)(H,20,23)/t10-,12-,13+/m0/s1. The maximum Gasteiger partial charge on any atom is 0.273 e. The van der Waals surface area contributed by atoms with Crippen LogP contribution < -0.4 is 16.4 Å². The van der Waals surface area contributed by atoms with Gasteiger partial charge in [0.1, 0.15) is 5.76 Å². The molecule has 4 N–H and O–H groups in total. The van der Waals surface area contributed by atoms with Crippen LogP contribution in [-0.2, 0) is 4.79 Å². The van der Waals surface area contributed by atoms with Crippen molar-refractivity contribution in [2.24, 2.45) is 5.73 Å². The van der Waals surface area contributed by atoms with E-state index in [1.807, 2.05) is 6.92 Å². The Balaban J connectivity index is 1.41. The maximum atomic E-state index is 12.2. The second-order valence-electron chi connectivity index (χ2n) is 7.16. The summed E-state index contributed by atoms with van der Waals surface area (Å²) in [4.78, 5) is 24.0. The van der Waals surface area contributed by atoms with Crippen LogP contribution in [0.1, 0.15) is 74.0 Å². The Morgan fingerprint density at radius 2 is 1.83 bits per heavy atom. The summed E-state index contributed by atoms with van der Waals surface area (Å²) in [5.74, 6) is 1.11. The lowest BCUT2D eigenvalue weighted by molar-refractivity contribution is -0.122. The molecule has 2 saturated carbocycles. The summed E-state index contributed by atoms with van der Waals surface area (Å²) in [6.45, 7) is 1.82. The zero-order valence-corrected chi connectivity index (χ0v) is 14.1. The maximum absolute atomic E-state index is 12.2. The molecule has 0 spiro atoms. The Morgan fingerprint density at radius 1 is 1.21 bits per heavy atom. The van der Waals surface area contributed by atoms with Crippen LogP contribution in [0.2, 0.25) is 0 Å². The molecule has 7 heteroatoms. The fourth-order valence-electron chi connectivity index (χ4n) is 3.18. The first-order chi connectivity index (χ1) is 11.5. The third kappa shape index (κ3) is 4.56. The summed E-state index contributed by atoms with van der Waals surface area (Å²) in [7, 11) is 0. The number of nitrogens with zero attached hydrogens (tertiary/aromatic N) is 1. The molecular weight excluding hydrogens is 308 g/mol. The molecule has 0 radical (unpaired) electrons. The third-order valence-corrected chi connectivity index (χ3v) is 4.68. The smallest absolute Gasteiger partial charge is 0.273 e. The van der Waals surface area contributed by atoms with Crippen molar-refractivity contribution in [2.75, 3.05) is 0 Å². The molecule has 0 bridgehead atoms. The zero-order valence-electron chi connectivity index (χ0n) is 14.1. The summed E-state index contributed by atoms with van der Waals surface area (Å²) in [5.41, 5.74) is 6.00.